The van der Waals surface area contributed by atoms with Crippen molar-refractivity contribution in [2.75, 3.05) is 14.2 Å². The van der Waals surface area contributed by atoms with E-state index in [1.54, 1.807) is 20.1 Å². The van der Waals surface area contributed by atoms with Crippen molar-refractivity contribution < 1.29 is 14.6 Å². The molecule has 0 saturated heterocycles. The topological polar surface area (TPSA) is 38.7 Å². The summed E-state index contributed by atoms with van der Waals surface area (Å²) in [6.45, 7) is 1.78. The maximum absolute atomic E-state index is 9.49. The van der Waals surface area contributed by atoms with Gasteiger partial charge in [-0.2, -0.15) is 0 Å². The molecule has 0 spiro atoms. The zero-order valence-corrected chi connectivity index (χ0v) is 9.31. The molecule has 0 amide bonds. The highest BCUT2D eigenvalue weighted by molar-refractivity contribution is 9.10. The molecule has 1 rings (SSSR count). The van der Waals surface area contributed by atoms with Gasteiger partial charge in [0.1, 0.15) is 21.7 Å². The molecule has 0 aliphatic carbocycles. The van der Waals surface area contributed by atoms with Gasteiger partial charge in [-0.1, -0.05) is 0 Å². The second-order valence-electron chi connectivity index (χ2n) is 2.57. The fourth-order valence-corrected chi connectivity index (χ4v) is 1.82. The molecule has 0 unspecified atom stereocenters. The molecule has 72 valence electrons. The fourth-order valence-electron chi connectivity index (χ4n) is 1.08. The quantitative estimate of drug-likeness (QED) is 0.872. The van der Waals surface area contributed by atoms with Crippen LogP contribution in [0.4, 0.5) is 0 Å². The Morgan fingerprint density at radius 1 is 1.31 bits per heavy atom. The number of phenolic OH excluding ortho intramolecular Hbond substituents is 1. The molecule has 4 heteroatoms. The lowest BCUT2D eigenvalue weighted by Gasteiger charge is -2.12. The monoisotopic (exact) mass is 246 g/mol. The summed E-state index contributed by atoms with van der Waals surface area (Å²) in [7, 11) is 3.08. The second-order valence-corrected chi connectivity index (χ2v) is 3.36. The summed E-state index contributed by atoms with van der Waals surface area (Å²) in [5.41, 5.74) is 0.690. The molecule has 1 N–H and O–H groups in total. The van der Waals surface area contributed by atoms with Gasteiger partial charge in [0.15, 0.2) is 0 Å². The van der Waals surface area contributed by atoms with Crippen molar-refractivity contribution in [1.82, 2.24) is 0 Å². The Hall–Kier alpha value is -0.900. The molecule has 3 nitrogen and oxygen atoms in total. The number of hydrogen-bond donors (Lipinski definition) is 1. The van der Waals surface area contributed by atoms with Crippen molar-refractivity contribution >= 4 is 15.9 Å². The van der Waals surface area contributed by atoms with Crippen molar-refractivity contribution in [3.63, 3.8) is 0 Å². The highest BCUT2D eigenvalue weighted by atomic mass is 79.9. The molecule has 13 heavy (non-hydrogen) atoms. The Labute approximate surface area is 85.4 Å². The zero-order chi connectivity index (χ0) is 10.0. The highest BCUT2D eigenvalue weighted by Crippen LogP contribution is 2.41. The lowest BCUT2D eigenvalue weighted by Crippen LogP contribution is -1.92. The van der Waals surface area contributed by atoms with Gasteiger partial charge in [-0.15, -0.1) is 0 Å². The maximum atomic E-state index is 9.49. The first-order valence-corrected chi connectivity index (χ1v) is 4.51. The van der Waals surface area contributed by atoms with Crippen LogP contribution in [0.2, 0.25) is 0 Å². The smallest absolute Gasteiger partial charge is 0.143 e. The number of ether oxygens (including phenoxy) is 2. The van der Waals surface area contributed by atoms with Gasteiger partial charge < -0.3 is 14.6 Å². The zero-order valence-electron chi connectivity index (χ0n) is 7.72. The third kappa shape index (κ3) is 1.72. The Balaban J connectivity index is 3.39. The van der Waals surface area contributed by atoms with E-state index in [0.717, 1.165) is 0 Å². The summed E-state index contributed by atoms with van der Waals surface area (Å²) in [4.78, 5) is 0. The van der Waals surface area contributed by atoms with Gasteiger partial charge in [-0.25, -0.2) is 0 Å². The first-order valence-electron chi connectivity index (χ1n) is 3.71. The third-order valence-corrected chi connectivity index (χ3v) is 2.58. The van der Waals surface area contributed by atoms with Crippen LogP contribution in [0.3, 0.4) is 0 Å². The minimum absolute atomic E-state index is 0.164. The summed E-state index contributed by atoms with van der Waals surface area (Å²) in [6, 6.07) is 1.54. The molecule has 0 saturated carbocycles. The highest BCUT2D eigenvalue weighted by Gasteiger charge is 2.13. The SMILES string of the molecule is COc1cc(O)c(C)c(OC)c1Br. The maximum Gasteiger partial charge on any atom is 0.143 e. The molecule has 0 aromatic heterocycles. The lowest BCUT2D eigenvalue weighted by molar-refractivity contribution is 0.377. The largest absolute Gasteiger partial charge is 0.507 e. The van der Waals surface area contributed by atoms with E-state index in [1.165, 1.54) is 7.11 Å². The van der Waals surface area contributed by atoms with Crippen LogP contribution in [0.15, 0.2) is 10.5 Å². The van der Waals surface area contributed by atoms with E-state index in [0.29, 0.717) is 21.5 Å². The van der Waals surface area contributed by atoms with E-state index in [-0.39, 0.29) is 5.75 Å². The van der Waals surface area contributed by atoms with Crippen molar-refractivity contribution in [2.24, 2.45) is 0 Å². The molecule has 0 aliphatic rings. The number of phenols is 1. The molecule has 0 atom stereocenters. The molecular formula is C9H11BrO3. The average molecular weight is 247 g/mol. The van der Waals surface area contributed by atoms with Gasteiger partial charge in [0.25, 0.3) is 0 Å². The summed E-state index contributed by atoms with van der Waals surface area (Å²) in [6.07, 6.45) is 0. The molecular weight excluding hydrogens is 236 g/mol. The fraction of sp³-hybridized carbons (Fsp3) is 0.333. The van der Waals surface area contributed by atoms with Gasteiger partial charge in [0.05, 0.1) is 14.2 Å². The van der Waals surface area contributed by atoms with Gasteiger partial charge in [-0.05, 0) is 22.9 Å². The Kier molecular flexibility index (Phi) is 3.03. The lowest BCUT2D eigenvalue weighted by atomic mass is 10.2. The van der Waals surface area contributed by atoms with Crippen LogP contribution in [-0.2, 0) is 0 Å². The minimum Gasteiger partial charge on any atom is -0.507 e. The van der Waals surface area contributed by atoms with Crippen LogP contribution >= 0.6 is 15.9 Å². The molecule has 0 aliphatic heterocycles. The van der Waals surface area contributed by atoms with Crippen molar-refractivity contribution in [3.8, 4) is 17.2 Å². The molecule has 0 bridgehead atoms. The molecule has 0 radical (unpaired) electrons. The summed E-state index contributed by atoms with van der Waals surface area (Å²) in [5.74, 6) is 1.31. The minimum atomic E-state index is 0.164. The third-order valence-electron chi connectivity index (χ3n) is 1.83. The molecule has 1 aromatic carbocycles. The average Bonchev–Trinajstić information content (AvgIpc) is 2.12. The molecule has 0 heterocycles. The first kappa shape index (κ1) is 10.2. The number of rotatable bonds is 2. The summed E-state index contributed by atoms with van der Waals surface area (Å²) < 4.78 is 10.9. The molecule has 1 aromatic rings. The predicted octanol–water partition coefficient (Wildman–Crippen LogP) is 2.48. The predicted molar refractivity (Wildman–Crippen MR) is 53.6 cm³/mol. The second kappa shape index (κ2) is 3.87. The van der Waals surface area contributed by atoms with Crippen LogP contribution in [0.1, 0.15) is 5.56 Å². The van der Waals surface area contributed by atoms with E-state index >= 15 is 0 Å². The van der Waals surface area contributed by atoms with Gasteiger partial charge in [0, 0.05) is 11.6 Å². The standard InChI is InChI=1S/C9H11BrO3/c1-5-6(11)4-7(12-2)8(10)9(5)13-3/h4,11H,1-3H3. The number of methoxy groups -OCH3 is 2. The summed E-state index contributed by atoms with van der Waals surface area (Å²) >= 11 is 3.33. The van der Waals surface area contributed by atoms with Crippen LogP contribution in [-0.4, -0.2) is 19.3 Å². The van der Waals surface area contributed by atoms with E-state index < -0.39 is 0 Å². The number of aromatic hydroxyl groups is 1. The van der Waals surface area contributed by atoms with Crippen molar-refractivity contribution in [3.05, 3.63) is 16.1 Å². The Morgan fingerprint density at radius 2 is 1.92 bits per heavy atom. The first-order chi connectivity index (χ1) is 6.11. The van der Waals surface area contributed by atoms with E-state index in [4.69, 9.17) is 9.47 Å². The normalized spacial score (nSPS) is 9.85. The van der Waals surface area contributed by atoms with Gasteiger partial charge in [-0.3, -0.25) is 0 Å². The van der Waals surface area contributed by atoms with Gasteiger partial charge in [0.2, 0.25) is 0 Å². The number of benzene rings is 1. The Bertz CT molecular complexity index is 323. The van der Waals surface area contributed by atoms with Crippen LogP contribution < -0.4 is 9.47 Å². The van der Waals surface area contributed by atoms with Crippen molar-refractivity contribution in [1.29, 1.82) is 0 Å². The Morgan fingerprint density at radius 3 is 2.38 bits per heavy atom. The van der Waals surface area contributed by atoms with E-state index in [2.05, 4.69) is 15.9 Å². The number of halogens is 1. The van der Waals surface area contributed by atoms with Crippen LogP contribution in [0.5, 0.6) is 17.2 Å². The van der Waals surface area contributed by atoms with Crippen LogP contribution in [0.25, 0.3) is 0 Å². The number of hydrogen-bond acceptors (Lipinski definition) is 3. The van der Waals surface area contributed by atoms with Crippen LogP contribution in [0, 0.1) is 6.92 Å². The van der Waals surface area contributed by atoms with E-state index in [1.807, 2.05) is 0 Å². The molecule has 0 fully saturated rings. The van der Waals surface area contributed by atoms with E-state index in [9.17, 15) is 5.11 Å². The summed E-state index contributed by atoms with van der Waals surface area (Å²) in [5, 5.41) is 9.49. The van der Waals surface area contributed by atoms with Gasteiger partial charge >= 0.3 is 0 Å². The van der Waals surface area contributed by atoms with Crippen molar-refractivity contribution in [2.45, 2.75) is 6.92 Å².